The largest absolute Gasteiger partial charge is 0.518 e. The molecular weight excluding hydrogens is 383 g/mol. The van der Waals surface area contributed by atoms with Crippen LogP contribution in [0.4, 0.5) is 13.2 Å². The van der Waals surface area contributed by atoms with Crippen molar-refractivity contribution in [2.45, 2.75) is 12.4 Å². The van der Waals surface area contributed by atoms with E-state index in [1.807, 2.05) is 6.92 Å². The summed E-state index contributed by atoms with van der Waals surface area (Å²) in [5.74, 6) is -0.469. The molecule has 0 aliphatic carbocycles. The van der Waals surface area contributed by atoms with Gasteiger partial charge in [0.1, 0.15) is 5.75 Å². The molecule has 27 heavy (non-hydrogen) atoms. The Kier molecular flexibility index (Phi) is 4.68. The molecule has 0 saturated carbocycles. The van der Waals surface area contributed by atoms with Crippen LogP contribution in [0.5, 0.6) is 5.75 Å². The third-order valence-electron chi connectivity index (χ3n) is 3.76. The Morgan fingerprint density at radius 2 is 1.67 bits per heavy atom. The number of aryl methyl sites for hydroxylation is 1. The number of ether oxygens (including phenoxy) is 1. The predicted octanol–water partition coefficient (Wildman–Crippen LogP) is 3.63. The van der Waals surface area contributed by atoms with Crippen molar-refractivity contribution in [3.05, 3.63) is 54.1 Å². The first-order valence-corrected chi connectivity index (χ1v) is 9.08. The maximum Gasteiger partial charge on any atom is 0.518 e. The molecule has 142 valence electrons. The van der Waals surface area contributed by atoms with Gasteiger partial charge in [0.15, 0.2) is 11.6 Å². The molecule has 1 aromatic heterocycles. The van der Waals surface area contributed by atoms with Gasteiger partial charge in [-0.15, -0.1) is 9.19 Å². The fourth-order valence-corrected chi connectivity index (χ4v) is 3.13. The molecule has 2 aromatic carbocycles. The highest BCUT2D eigenvalue weighted by Crippen LogP contribution is 2.34. The predicted molar refractivity (Wildman–Crippen MR) is 92.6 cm³/mol. The number of rotatable bonds is 4. The van der Waals surface area contributed by atoms with Crippen molar-refractivity contribution in [2.24, 2.45) is 0 Å². The first-order chi connectivity index (χ1) is 12.6. The van der Waals surface area contributed by atoms with Crippen LogP contribution >= 0.6 is 0 Å². The van der Waals surface area contributed by atoms with Gasteiger partial charge in [-0.05, 0) is 19.1 Å². The Labute approximate surface area is 153 Å². The maximum atomic E-state index is 13.2. The van der Waals surface area contributed by atoms with Crippen LogP contribution in [0.3, 0.4) is 0 Å². The van der Waals surface area contributed by atoms with Gasteiger partial charge in [-0.25, -0.2) is 4.98 Å². The molecule has 0 unspecified atom stereocenters. The second kappa shape index (κ2) is 6.69. The zero-order valence-electron chi connectivity index (χ0n) is 14.2. The zero-order chi connectivity index (χ0) is 19.8. The van der Waals surface area contributed by atoms with Gasteiger partial charge in [0.25, 0.3) is 0 Å². The van der Waals surface area contributed by atoms with Crippen molar-refractivity contribution < 1.29 is 26.3 Å². The number of methoxy groups -OCH3 is 1. The lowest BCUT2D eigenvalue weighted by Gasteiger charge is -2.11. The van der Waals surface area contributed by atoms with Crippen LogP contribution < -0.4 is 4.74 Å². The van der Waals surface area contributed by atoms with Gasteiger partial charge in [-0.3, -0.25) is 0 Å². The number of alkyl halides is 3. The minimum absolute atomic E-state index is 0.0682. The Hall–Kier alpha value is -2.88. The molecule has 3 aromatic rings. The lowest BCUT2D eigenvalue weighted by atomic mass is 10.1. The fraction of sp³-hybridized carbons (Fsp3) is 0.176. The maximum absolute atomic E-state index is 13.2. The molecule has 0 saturated heterocycles. The first-order valence-electron chi connectivity index (χ1n) is 7.64. The summed E-state index contributed by atoms with van der Waals surface area (Å²) in [5.41, 5.74) is -4.17. The molecule has 0 aliphatic rings. The van der Waals surface area contributed by atoms with E-state index in [1.54, 1.807) is 30.3 Å². The Morgan fingerprint density at radius 3 is 2.26 bits per heavy atom. The van der Waals surface area contributed by atoms with E-state index in [0.29, 0.717) is 5.56 Å². The third kappa shape index (κ3) is 3.39. The van der Waals surface area contributed by atoms with Crippen LogP contribution in [-0.2, 0) is 10.0 Å². The normalized spacial score (nSPS) is 12.2. The summed E-state index contributed by atoms with van der Waals surface area (Å²) < 4.78 is 68.6. The van der Waals surface area contributed by atoms with E-state index < -0.39 is 21.4 Å². The summed E-state index contributed by atoms with van der Waals surface area (Å²) in [7, 11) is -4.47. The number of halogens is 3. The van der Waals surface area contributed by atoms with Gasteiger partial charge in [0.05, 0.1) is 12.7 Å². The third-order valence-corrected chi connectivity index (χ3v) is 5.05. The van der Waals surface area contributed by atoms with Crippen LogP contribution in [0, 0.1) is 6.92 Å². The van der Waals surface area contributed by atoms with Crippen LogP contribution in [-0.4, -0.2) is 35.2 Å². The molecular formula is C17H14F3N3O3S. The van der Waals surface area contributed by atoms with E-state index in [4.69, 9.17) is 4.74 Å². The average molecular weight is 397 g/mol. The van der Waals surface area contributed by atoms with E-state index in [1.165, 1.54) is 25.3 Å². The highest BCUT2D eigenvalue weighted by Gasteiger charge is 2.49. The summed E-state index contributed by atoms with van der Waals surface area (Å²) in [6, 6.07) is 12.7. The van der Waals surface area contributed by atoms with Crippen molar-refractivity contribution in [3.8, 4) is 28.5 Å². The highest BCUT2D eigenvalue weighted by molar-refractivity contribution is 7.90. The molecule has 6 nitrogen and oxygen atoms in total. The lowest BCUT2D eigenvalue weighted by molar-refractivity contribution is -0.0449. The van der Waals surface area contributed by atoms with Crippen molar-refractivity contribution in [1.82, 2.24) is 14.2 Å². The second-order valence-corrected chi connectivity index (χ2v) is 7.38. The Morgan fingerprint density at radius 1 is 1.04 bits per heavy atom. The minimum Gasteiger partial charge on any atom is -0.496 e. The summed E-state index contributed by atoms with van der Waals surface area (Å²) in [6.07, 6.45) is 0. The van der Waals surface area contributed by atoms with Crippen LogP contribution in [0.15, 0.2) is 48.5 Å². The van der Waals surface area contributed by atoms with Crippen LogP contribution in [0.2, 0.25) is 0 Å². The number of para-hydroxylation sites is 1. The highest BCUT2D eigenvalue weighted by atomic mass is 32.2. The second-order valence-electron chi connectivity index (χ2n) is 5.62. The molecule has 10 heteroatoms. The molecule has 0 bridgehead atoms. The molecule has 0 amide bonds. The van der Waals surface area contributed by atoms with Crippen LogP contribution in [0.1, 0.15) is 5.56 Å². The molecule has 0 atom stereocenters. The van der Waals surface area contributed by atoms with Gasteiger partial charge in [-0.1, -0.05) is 42.0 Å². The van der Waals surface area contributed by atoms with E-state index in [0.717, 1.165) is 5.56 Å². The zero-order valence-corrected chi connectivity index (χ0v) is 15.0. The summed E-state index contributed by atoms with van der Waals surface area (Å²) in [6.45, 7) is 1.84. The van der Waals surface area contributed by atoms with Crippen molar-refractivity contribution in [3.63, 3.8) is 0 Å². The van der Waals surface area contributed by atoms with Crippen LogP contribution in [0.25, 0.3) is 22.8 Å². The SMILES string of the molecule is COc1ccccc1-c1nc(-c2ccc(C)cc2)nn1S(=O)(=O)C(F)(F)F. The standard InChI is InChI=1S/C17H14F3N3O3S/c1-11-7-9-12(10-8-11)15-21-16(13-5-3-4-6-14(13)26-2)23(22-15)27(24,25)17(18,19)20/h3-10H,1-2H3. The number of benzene rings is 2. The van der Waals surface area contributed by atoms with Crippen molar-refractivity contribution in [2.75, 3.05) is 7.11 Å². The molecule has 0 N–H and O–H groups in total. The number of aromatic nitrogens is 3. The molecule has 1 heterocycles. The molecule has 0 fully saturated rings. The molecule has 0 radical (unpaired) electrons. The van der Waals surface area contributed by atoms with Crippen molar-refractivity contribution >= 4 is 10.0 Å². The molecule has 0 aliphatic heterocycles. The number of hydrogen-bond donors (Lipinski definition) is 0. The molecule has 3 rings (SSSR count). The monoisotopic (exact) mass is 397 g/mol. The summed E-state index contributed by atoms with van der Waals surface area (Å²) >= 11 is 0. The smallest absolute Gasteiger partial charge is 0.496 e. The first kappa shape index (κ1) is 18.9. The fourth-order valence-electron chi connectivity index (χ4n) is 2.38. The summed E-state index contributed by atoms with van der Waals surface area (Å²) in [4.78, 5) is 4.06. The topological polar surface area (TPSA) is 74.1 Å². The number of hydrogen-bond acceptors (Lipinski definition) is 5. The lowest BCUT2D eigenvalue weighted by Crippen LogP contribution is -2.31. The van der Waals surface area contributed by atoms with Gasteiger partial charge in [-0.2, -0.15) is 21.6 Å². The summed E-state index contributed by atoms with van der Waals surface area (Å²) in [5, 5.41) is 3.64. The van der Waals surface area contributed by atoms with E-state index >= 15 is 0 Å². The Bertz CT molecular complexity index is 1070. The Balaban J connectivity index is 2.29. The van der Waals surface area contributed by atoms with Gasteiger partial charge in [0.2, 0.25) is 0 Å². The quantitative estimate of drug-likeness (QED) is 0.672. The van der Waals surface area contributed by atoms with E-state index in [2.05, 4.69) is 10.1 Å². The van der Waals surface area contributed by atoms with Gasteiger partial charge >= 0.3 is 15.5 Å². The van der Waals surface area contributed by atoms with Gasteiger partial charge < -0.3 is 4.74 Å². The average Bonchev–Trinajstić information content (AvgIpc) is 3.07. The van der Waals surface area contributed by atoms with Gasteiger partial charge in [0, 0.05) is 5.56 Å². The van der Waals surface area contributed by atoms with E-state index in [9.17, 15) is 21.6 Å². The minimum atomic E-state index is -5.79. The van der Waals surface area contributed by atoms with E-state index in [-0.39, 0.29) is 21.2 Å². The molecule has 0 spiro atoms. The number of nitrogens with zero attached hydrogens (tertiary/aromatic N) is 3. The van der Waals surface area contributed by atoms with Crippen molar-refractivity contribution in [1.29, 1.82) is 0 Å².